The van der Waals surface area contributed by atoms with E-state index in [-0.39, 0.29) is 11.7 Å². The van der Waals surface area contributed by atoms with Crippen LogP contribution in [0.3, 0.4) is 0 Å². The number of aromatic nitrogens is 3. The molecule has 2 heterocycles. The first-order valence-electron chi connectivity index (χ1n) is 8.69. The highest BCUT2D eigenvalue weighted by Gasteiger charge is 2.13. The van der Waals surface area contributed by atoms with E-state index in [0.717, 1.165) is 5.69 Å². The minimum Gasteiger partial charge on any atom is -0.350 e. The first-order chi connectivity index (χ1) is 13.0. The van der Waals surface area contributed by atoms with Gasteiger partial charge in [0.05, 0.1) is 23.5 Å². The predicted octanol–water partition coefficient (Wildman–Crippen LogP) is 2.58. The fourth-order valence-electron chi connectivity index (χ4n) is 2.78. The number of hydrogen-bond acceptors (Lipinski definition) is 4. The van der Waals surface area contributed by atoms with Gasteiger partial charge in [0, 0.05) is 31.0 Å². The molecule has 27 heavy (non-hydrogen) atoms. The number of halogens is 1. The molecule has 0 saturated carbocycles. The van der Waals surface area contributed by atoms with Gasteiger partial charge in [0.15, 0.2) is 0 Å². The van der Waals surface area contributed by atoms with Gasteiger partial charge in [-0.3, -0.25) is 14.5 Å². The van der Waals surface area contributed by atoms with Crippen molar-refractivity contribution in [3.63, 3.8) is 0 Å². The van der Waals surface area contributed by atoms with Crippen molar-refractivity contribution >= 4 is 5.91 Å². The van der Waals surface area contributed by atoms with E-state index < -0.39 is 0 Å². The number of hydrogen-bond donors (Lipinski definition) is 1. The maximum absolute atomic E-state index is 14.1. The molecule has 2 aromatic heterocycles. The third-order valence-electron chi connectivity index (χ3n) is 4.02. The van der Waals surface area contributed by atoms with E-state index in [2.05, 4.69) is 15.4 Å². The second-order valence-corrected chi connectivity index (χ2v) is 6.46. The molecule has 3 aromatic rings. The molecule has 1 aromatic carbocycles. The fourth-order valence-corrected chi connectivity index (χ4v) is 2.78. The predicted molar refractivity (Wildman–Crippen MR) is 102 cm³/mol. The summed E-state index contributed by atoms with van der Waals surface area (Å²) in [5.41, 5.74) is 2.52. The third-order valence-corrected chi connectivity index (χ3v) is 4.02. The molecule has 1 amide bonds. The molecule has 0 aliphatic rings. The minimum absolute atomic E-state index is 0.182. The van der Waals surface area contributed by atoms with E-state index in [1.54, 1.807) is 36.5 Å². The zero-order valence-corrected chi connectivity index (χ0v) is 15.4. The van der Waals surface area contributed by atoms with Crippen LogP contribution >= 0.6 is 0 Å². The van der Waals surface area contributed by atoms with Crippen LogP contribution in [0.15, 0.2) is 54.9 Å². The first-order valence-corrected chi connectivity index (χ1v) is 8.69. The van der Waals surface area contributed by atoms with Crippen molar-refractivity contribution in [2.24, 2.45) is 0 Å². The van der Waals surface area contributed by atoms with Gasteiger partial charge in [-0.05, 0) is 44.4 Å². The van der Waals surface area contributed by atoms with Gasteiger partial charge in [-0.1, -0.05) is 12.1 Å². The number of nitrogens with one attached hydrogen (secondary N) is 1. The van der Waals surface area contributed by atoms with Crippen LogP contribution in [0, 0.1) is 5.82 Å². The summed E-state index contributed by atoms with van der Waals surface area (Å²) in [5.74, 6) is -0.484. The van der Waals surface area contributed by atoms with Gasteiger partial charge in [0.1, 0.15) is 5.82 Å². The monoisotopic (exact) mass is 367 g/mol. The van der Waals surface area contributed by atoms with E-state index in [9.17, 15) is 9.18 Å². The van der Waals surface area contributed by atoms with Crippen molar-refractivity contribution < 1.29 is 9.18 Å². The molecular formula is C20H22FN5O. The number of amides is 1. The Kier molecular flexibility index (Phi) is 5.93. The van der Waals surface area contributed by atoms with Gasteiger partial charge in [0.25, 0.3) is 5.91 Å². The summed E-state index contributed by atoms with van der Waals surface area (Å²) < 4.78 is 15.9. The first kappa shape index (κ1) is 18.7. The quantitative estimate of drug-likeness (QED) is 0.697. The molecule has 0 saturated heterocycles. The normalized spacial score (nSPS) is 11.0. The average molecular weight is 367 g/mol. The largest absolute Gasteiger partial charge is 0.350 e. The Morgan fingerprint density at radius 1 is 1.22 bits per heavy atom. The molecule has 0 radical (unpaired) electrons. The van der Waals surface area contributed by atoms with Crippen LogP contribution in [0.5, 0.6) is 0 Å². The molecule has 0 aliphatic carbocycles. The molecule has 0 bridgehead atoms. The van der Waals surface area contributed by atoms with Crippen molar-refractivity contribution in [1.29, 1.82) is 0 Å². The molecule has 7 heteroatoms. The van der Waals surface area contributed by atoms with Crippen LogP contribution in [0.25, 0.3) is 11.3 Å². The topological polar surface area (TPSA) is 63.1 Å². The summed E-state index contributed by atoms with van der Waals surface area (Å²) in [7, 11) is 3.93. The zero-order valence-electron chi connectivity index (χ0n) is 15.4. The molecule has 0 unspecified atom stereocenters. The number of benzene rings is 1. The van der Waals surface area contributed by atoms with E-state index >= 15 is 0 Å². The van der Waals surface area contributed by atoms with Crippen LogP contribution in [0.2, 0.25) is 0 Å². The van der Waals surface area contributed by atoms with Gasteiger partial charge in [-0.25, -0.2) is 4.39 Å². The molecule has 1 N–H and O–H groups in total. The lowest BCUT2D eigenvalue weighted by molar-refractivity contribution is 0.0951. The van der Waals surface area contributed by atoms with Crippen LogP contribution < -0.4 is 5.32 Å². The number of carbonyl (C=O) groups is 1. The van der Waals surface area contributed by atoms with Crippen molar-refractivity contribution in [3.05, 3.63) is 71.9 Å². The number of carbonyl (C=O) groups excluding carboxylic acids is 1. The Labute approximate surface area is 157 Å². The highest BCUT2D eigenvalue weighted by Crippen LogP contribution is 2.22. The Hall–Kier alpha value is -3.06. The van der Waals surface area contributed by atoms with Crippen molar-refractivity contribution in [3.8, 4) is 11.3 Å². The molecular weight excluding hydrogens is 345 g/mol. The van der Waals surface area contributed by atoms with Crippen LogP contribution in [0.4, 0.5) is 4.39 Å². The summed E-state index contributed by atoms with van der Waals surface area (Å²) in [6.45, 7) is 1.56. The SMILES string of the molecule is CN(C)Cc1cc(-c2ccccc2F)nn1CCNC(=O)c1cccnc1. The summed E-state index contributed by atoms with van der Waals surface area (Å²) >= 11 is 0. The van der Waals surface area contributed by atoms with E-state index in [4.69, 9.17) is 0 Å². The third kappa shape index (κ3) is 4.77. The Bertz CT molecular complexity index is 908. The van der Waals surface area contributed by atoms with Gasteiger partial charge >= 0.3 is 0 Å². The summed E-state index contributed by atoms with van der Waals surface area (Å²) in [6.07, 6.45) is 3.15. The minimum atomic E-state index is -0.302. The highest BCUT2D eigenvalue weighted by atomic mass is 19.1. The molecule has 6 nitrogen and oxygen atoms in total. The van der Waals surface area contributed by atoms with Gasteiger partial charge < -0.3 is 10.2 Å². The van der Waals surface area contributed by atoms with E-state index in [1.165, 1.54) is 12.3 Å². The molecule has 0 fully saturated rings. The van der Waals surface area contributed by atoms with Crippen molar-refractivity contribution in [2.75, 3.05) is 20.6 Å². The lowest BCUT2D eigenvalue weighted by Crippen LogP contribution is -2.28. The lowest BCUT2D eigenvalue weighted by atomic mass is 10.1. The standard InChI is InChI=1S/C20H22FN5O/c1-25(2)14-16-12-19(17-7-3-4-8-18(17)21)24-26(16)11-10-23-20(27)15-6-5-9-22-13-15/h3-9,12-13H,10-11,14H2,1-2H3,(H,23,27). The lowest BCUT2D eigenvalue weighted by Gasteiger charge is -2.12. The summed E-state index contributed by atoms with van der Waals surface area (Å²) in [5, 5.41) is 7.41. The Morgan fingerprint density at radius 2 is 2.04 bits per heavy atom. The molecule has 140 valence electrons. The molecule has 0 spiro atoms. The van der Waals surface area contributed by atoms with E-state index in [0.29, 0.717) is 36.5 Å². The summed E-state index contributed by atoms with van der Waals surface area (Å²) in [6, 6.07) is 11.9. The van der Waals surface area contributed by atoms with Gasteiger partial charge in [-0.2, -0.15) is 5.10 Å². The van der Waals surface area contributed by atoms with E-state index in [1.807, 2.05) is 29.7 Å². The number of nitrogens with zero attached hydrogens (tertiary/aromatic N) is 4. The molecule has 0 atom stereocenters. The maximum Gasteiger partial charge on any atom is 0.252 e. The van der Waals surface area contributed by atoms with Crippen LogP contribution in [-0.4, -0.2) is 46.2 Å². The second kappa shape index (κ2) is 8.55. The second-order valence-electron chi connectivity index (χ2n) is 6.46. The van der Waals surface area contributed by atoms with Gasteiger partial charge in [-0.15, -0.1) is 0 Å². The molecule has 0 aliphatic heterocycles. The smallest absolute Gasteiger partial charge is 0.252 e. The number of pyridine rings is 1. The number of rotatable bonds is 7. The van der Waals surface area contributed by atoms with Crippen LogP contribution in [-0.2, 0) is 13.1 Å². The average Bonchev–Trinajstić information content (AvgIpc) is 3.04. The molecule has 3 rings (SSSR count). The van der Waals surface area contributed by atoms with Gasteiger partial charge in [0.2, 0.25) is 0 Å². The fraction of sp³-hybridized carbons (Fsp3) is 0.250. The highest BCUT2D eigenvalue weighted by molar-refractivity contribution is 5.93. The zero-order chi connectivity index (χ0) is 19.2. The Morgan fingerprint density at radius 3 is 2.74 bits per heavy atom. The van der Waals surface area contributed by atoms with Crippen LogP contribution in [0.1, 0.15) is 16.1 Å². The van der Waals surface area contributed by atoms with Crippen molar-refractivity contribution in [2.45, 2.75) is 13.1 Å². The Balaban J connectivity index is 1.73. The summed E-state index contributed by atoms with van der Waals surface area (Å²) in [4.78, 5) is 18.1. The maximum atomic E-state index is 14.1. The van der Waals surface area contributed by atoms with Crippen molar-refractivity contribution in [1.82, 2.24) is 25.0 Å².